The van der Waals surface area contributed by atoms with Gasteiger partial charge in [0.25, 0.3) is 10.0 Å². The molecule has 0 aromatic heterocycles. The first kappa shape index (κ1) is 22.8. The summed E-state index contributed by atoms with van der Waals surface area (Å²) in [5.41, 5.74) is 0.176. The summed E-state index contributed by atoms with van der Waals surface area (Å²) in [5, 5.41) is 11.1. The number of nitrogens with zero attached hydrogens (tertiary/aromatic N) is 2. The predicted molar refractivity (Wildman–Crippen MR) is 111 cm³/mol. The van der Waals surface area contributed by atoms with Gasteiger partial charge in [0.2, 0.25) is 10.0 Å². The normalized spacial score (nSPS) is 16.5. The van der Waals surface area contributed by atoms with Crippen LogP contribution in [-0.4, -0.2) is 64.8 Å². The molecule has 1 aliphatic heterocycles. The molecule has 2 aromatic carbocycles. The van der Waals surface area contributed by atoms with E-state index >= 15 is 0 Å². The summed E-state index contributed by atoms with van der Waals surface area (Å²) in [4.78, 5) is 10.8. The number of halogens is 1. The number of fused-ring (bicyclic) bond motifs is 1. The SMILES string of the molecule is CN(CC1CN(S(=O)(=O)c2ccc(F)cc2)c2cc(NC(=O)O)ccc2O1)S(C)(=O)=O. The number of likely N-dealkylation sites (N-methyl/N-ethyl adjacent to an activating group) is 1. The highest BCUT2D eigenvalue weighted by Crippen LogP contribution is 2.39. The fourth-order valence-electron chi connectivity index (χ4n) is 2.99. The fraction of sp³-hybridized carbons (Fsp3) is 0.278. The van der Waals surface area contributed by atoms with E-state index in [9.17, 15) is 26.0 Å². The van der Waals surface area contributed by atoms with Crippen molar-refractivity contribution in [1.82, 2.24) is 4.31 Å². The number of carbonyl (C=O) groups is 1. The number of anilines is 2. The van der Waals surface area contributed by atoms with Crippen molar-refractivity contribution in [3.8, 4) is 5.75 Å². The van der Waals surface area contributed by atoms with Crippen LogP contribution in [0.5, 0.6) is 5.75 Å². The summed E-state index contributed by atoms with van der Waals surface area (Å²) in [5.74, 6) is -0.485. The van der Waals surface area contributed by atoms with Crippen LogP contribution in [-0.2, 0) is 20.0 Å². The molecule has 13 heteroatoms. The minimum atomic E-state index is -4.20. The summed E-state index contributed by atoms with van der Waals surface area (Å²) in [7, 11) is -6.40. The van der Waals surface area contributed by atoms with Crippen LogP contribution in [0.2, 0.25) is 0 Å². The molecule has 0 aliphatic carbocycles. The Hall–Kier alpha value is -2.90. The van der Waals surface area contributed by atoms with Crippen molar-refractivity contribution in [2.24, 2.45) is 0 Å². The molecule has 10 nitrogen and oxygen atoms in total. The maximum atomic E-state index is 13.3. The molecule has 1 heterocycles. The van der Waals surface area contributed by atoms with Crippen molar-refractivity contribution in [2.75, 3.05) is 36.0 Å². The summed E-state index contributed by atoms with van der Waals surface area (Å²) in [6.07, 6.45) is -1.17. The molecule has 31 heavy (non-hydrogen) atoms. The van der Waals surface area contributed by atoms with E-state index in [2.05, 4.69) is 5.32 Å². The van der Waals surface area contributed by atoms with E-state index in [-0.39, 0.29) is 35.1 Å². The lowest BCUT2D eigenvalue weighted by Gasteiger charge is -2.36. The number of hydrogen-bond donors (Lipinski definition) is 2. The summed E-state index contributed by atoms with van der Waals surface area (Å²) in [6.45, 7) is -0.369. The van der Waals surface area contributed by atoms with Crippen molar-refractivity contribution >= 4 is 37.5 Å². The number of ether oxygens (including phenoxy) is 1. The second-order valence-electron chi connectivity index (χ2n) is 6.89. The Morgan fingerprint density at radius 1 is 1.23 bits per heavy atom. The molecule has 0 fully saturated rings. The monoisotopic (exact) mass is 473 g/mol. The quantitative estimate of drug-likeness (QED) is 0.653. The zero-order chi connectivity index (χ0) is 23.0. The van der Waals surface area contributed by atoms with Gasteiger partial charge in [-0.15, -0.1) is 0 Å². The summed E-state index contributed by atoms with van der Waals surface area (Å²) >= 11 is 0. The number of nitrogens with one attached hydrogen (secondary N) is 1. The molecule has 0 saturated heterocycles. The largest absolute Gasteiger partial charge is 0.485 e. The van der Waals surface area contributed by atoms with Crippen molar-refractivity contribution in [3.05, 3.63) is 48.3 Å². The van der Waals surface area contributed by atoms with Crippen LogP contribution in [0, 0.1) is 5.82 Å². The summed E-state index contributed by atoms with van der Waals surface area (Å²) < 4.78 is 71.3. The average molecular weight is 474 g/mol. The molecule has 0 radical (unpaired) electrons. The standard InChI is InChI=1S/C18H20FN3O7S2/c1-21(30(2,25)26)10-14-11-22(31(27,28)15-6-3-12(19)4-7-15)16-9-13(20-18(23)24)5-8-17(16)29-14/h3-9,14,20H,10-11H2,1-2H3,(H,23,24). The van der Waals surface area contributed by atoms with E-state index in [0.29, 0.717) is 0 Å². The Balaban J connectivity index is 2.06. The molecule has 2 aromatic rings. The van der Waals surface area contributed by atoms with E-state index in [1.165, 1.54) is 25.2 Å². The minimum absolute atomic E-state index is 0.0637. The van der Waals surface area contributed by atoms with Crippen molar-refractivity contribution in [2.45, 2.75) is 11.0 Å². The number of sulfonamides is 2. The Kier molecular flexibility index (Phi) is 6.11. The van der Waals surface area contributed by atoms with Crippen LogP contribution >= 0.6 is 0 Å². The number of amides is 1. The van der Waals surface area contributed by atoms with Crippen molar-refractivity contribution in [3.63, 3.8) is 0 Å². The third kappa shape index (κ3) is 5.06. The first-order valence-electron chi connectivity index (χ1n) is 8.88. The van der Waals surface area contributed by atoms with Gasteiger partial charge >= 0.3 is 6.09 Å². The van der Waals surface area contributed by atoms with Gasteiger partial charge in [0.05, 0.1) is 29.9 Å². The van der Waals surface area contributed by atoms with E-state index in [0.717, 1.165) is 39.1 Å². The number of carboxylic acid groups (broad SMARTS) is 1. The first-order valence-corrected chi connectivity index (χ1v) is 12.2. The number of hydrogen-bond acceptors (Lipinski definition) is 6. The van der Waals surface area contributed by atoms with E-state index in [4.69, 9.17) is 9.84 Å². The van der Waals surface area contributed by atoms with Gasteiger partial charge in [0.1, 0.15) is 17.7 Å². The van der Waals surface area contributed by atoms with Gasteiger partial charge in [-0.05, 0) is 42.5 Å². The summed E-state index contributed by atoms with van der Waals surface area (Å²) in [6, 6.07) is 8.30. The molecule has 1 unspecified atom stereocenters. The van der Waals surface area contributed by atoms with Gasteiger partial charge in [-0.1, -0.05) is 0 Å². The zero-order valence-electron chi connectivity index (χ0n) is 16.5. The lowest BCUT2D eigenvalue weighted by molar-refractivity contribution is 0.177. The van der Waals surface area contributed by atoms with Gasteiger partial charge in [-0.2, -0.15) is 0 Å². The molecule has 1 atom stereocenters. The van der Waals surface area contributed by atoms with E-state index in [1.54, 1.807) is 0 Å². The predicted octanol–water partition coefficient (Wildman–Crippen LogP) is 1.76. The zero-order valence-corrected chi connectivity index (χ0v) is 18.2. The Bertz CT molecular complexity index is 1200. The second kappa shape index (κ2) is 8.32. The third-order valence-electron chi connectivity index (χ3n) is 4.57. The maximum absolute atomic E-state index is 13.3. The Labute approximate surface area is 178 Å². The lowest BCUT2D eigenvalue weighted by Crippen LogP contribution is -2.48. The molecule has 0 saturated carbocycles. The molecular weight excluding hydrogens is 453 g/mol. The molecule has 0 spiro atoms. The Morgan fingerprint density at radius 3 is 2.45 bits per heavy atom. The smallest absolute Gasteiger partial charge is 0.409 e. The second-order valence-corrected chi connectivity index (χ2v) is 10.8. The van der Waals surface area contributed by atoms with Gasteiger partial charge < -0.3 is 9.84 Å². The molecule has 0 bridgehead atoms. The number of rotatable bonds is 6. The highest BCUT2D eigenvalue weighted by atomic mass is 32.2. The molecular formula is C18H20FN3O7S2. The van der Waals surface area contributed by atoms with E-state index < -0.39 is 38.1 Å². The van der Waals surface area contributed by atoms with Crippen LogP contribution < -0.4 is 14.4 Å². The molecule has 1 aliphatic rings. The van der Waals surface area contributed by atoms with Gasteiger partial charge in [-0.3, -0.25) is 9.62 Å². The fourth-order valence-corrected chi connectivity index (χ4v) is 4.93. The van der Waals surface area contributed by atoms with Crippen LogP contribution in [0.15, 0.2) is 47.4 Å². The topological polar surface area (TPSA) is 133 Å². The average Bonchev–Trinajstić information content (AvgIpc) is 2.66. The van der Waals surface area contributed by atoms with Crippen LogP contribution in [0.3, 0.4) is 0 Å². The maximum Gasteiger partial charge on any atom is 0.409 e. The molecule has 1 amide bonds. The van der Waals surface area contributed by atoms with Crippen LogP contribution in [0.1, 0.15) is 0 Å². The van der Waals surface area contributed by atoms with Crippen LogP contribution in [0.25, 0.3) is 0 Å². The van der Waals surface area contributed by atoms with Crippen LogP contribution in [0.4, 0.5) is 20.6 Å². The Morgan fingerprint density at radius 2 is 1.87 bits per heavy atom. The lowest BCUT2D eigenvalue weighted by atomic mass is 10.2. The van der Waals surface area contributed by atoms with Gasteiger partial charge in [-0.25, -0.2) is 30.3 Å². The first-order chi connectivity index (χ1) is 14.4. The van der Waals surface area contributed by atoms with Gasteiger partial charge in [0.15, 0.2) is 0 Å². The highest BCUT2D eigenvalue weighted by Gasteiger charge is 2.36. The molecule has 2 N–H and O–H groups in total. The highest BCUT2D eigenvalue weighted by molar-refractivity contribution is 7.92. The van der Waals surface area contributed by atoms with E-state index in [1.807, 2.05) is 0 Å². The molecule has 168 valence electrons. The minimum Gasteiger partial charge on any atom is -0.485 e. The third-order valence-corrected chi connectivity index (χ3v) is 7.65. The molecule has 3 rings (SSSR count). The number of benzene rings is 2. The van der Waals surface area contributed by atoms with Gasteiger partial charge in [0, 0.05) is 12.7 Å². The van der Waals surface area contributed by atoms with Crippen molar-refractivity contribution in [1.29, 1.82) is 0 Å². The van der Waals surface area contributed by atoms with Crippen molar-refractivity contribution < 1.29 is 35.9 Å².